The van der Waals surface area contributed by atoms with Crippen LogP contribution in [-0.2, 0) is 0 Å². The number of nitrogens with zero attached hydrogens (tertiary/aromatic N) is 2. The molecule has 0 aliphatic rings. The molecule has 3 aromatic rings. The van der Waals surface area contributed by atoms with Gasteiger partial charge in [0.15, 0.2) is 5.82 Å². The number of aryl methyl sites for hydroxylation is 1. The smallest absolute Gasteiger partial charge is 0.163 e. The van der Waals surface area contributed by atoms with Crippen LogP contribution in [0.2, 0.25) is 0 Å². The lowest BCUT2D eigenvalue weighted by Gasteiger charge is -2.10. The van der Waals surface area contributed by atoms with Crippen LogP contribution in [0, 0.1) is 13.8 Å². The van der Waals surface area contributed by atoms with E-state index in [1.807, 2.05) is 37.3 Å². The molecule has 3 rings (SSSR count). The van der Waals surface area contributed by atoms with Gasteiger partial charge in [-0.15, -0.1) is 0 Å². The highest BCUT2D eigenvalue weighted by Gasteiger charge is 2.13. The lowest BCUT2D eigenvalue weighted by atomic mass is 10.1. The van der Waals surface area contributed by atoms with Crippen molar-refractivity contribution in [2.75, 3.05) is 5.73 Å². The lowest BCUT2D eigenvalue weighted by Crippen LogP contribution is -2.02. The highest BCUT2D eigenvalue weighted by Crippen LogP contribution is 2.30. The first-order valence-corrected chi connectivity index (χ1v) is 7.34. The van der Waals surface area contributed by atoms with E-state index in [9.17, 15) is 0 Å². The maximum absolute atomic E-state index is 6.07. The maximum atomic E-state index is 6.07. The van der Waals surface area contributed by atoms with Crippen molar-refractivity contribution in [1.29, 1.82) is 0 Å². The molecule has 0 saturated heterocycles. The van der Waals surface area contributed by atoms with Crippen LogP contribution < -0.4 is 5.73 Å². The van der Waals surface area contributed by atoms with E-state index in [0.29, 0.717) is 11.6 Å². The molecule has 0 aliphatic carbocycles. The fourth-order valence-corrected chi connectivity index (χ4v) is 2.95. The minimum atomic E-state index is 0.541. The number of nitrogens with two attached hydrogens (primary N) is 1. The normalized spacial score (nSPS) is 10.7. The minimum absolute atomic E-state index is 0.541. The van der Waals surface area contributed by atoms with E-state index < -0.39 is 0 Å². The molecule has 2 N–H and O–H groups in total. The van der Waals surface area contributed by atoms with Crippen molar-refractivity contribution in [2.24, 2.45) is 0 Å². The van der Waals surface area contributed by atoms with Gasteiger partial charge in [0.25, 0.3) is 0 Å². The molecule has 20 heavy (non-hydrogen) atoms. The van der Waals surface area contributed by atoms with Crippen molar-refractivity contribution in [1.82, 2.24) is 9.97 Å². The second-order valence-electron chi connectivity index (χ2n) is 4.74. The molecule has 3 nitrogen and oxygen atoms in total. The van der Waals surface area contributed by atoms with E-state index in [1.54, 1.807) is 11.3 Å². The van der Waals surface area contributed by atoms with Crippen molar-refractivity contribution in [3.63, 3.8) is 0 Å². The minimum Gasteiger partial charge on any atom is -0.383 e. The van der Waals surface area contributed by atoms with E-state index in [2.05, 4.69) is 22.7 Å². The van der Waals surface area contributed by atoms with Gasteiger partial charge in [-0.25, -0.2) is 9.97 Å². The number of benzene rings is 1. The number of rotatable bonds is 2. The Morgan fingerprint density at radius 3 is 2.40 bits per heavy atom. The standard InChI is InChI=1S/C16H15N3S/c1-10-8-20-9-13(10)16-18-14(11(2)15(17)19-16)12-6-4-3-5-7-12/h3-9H,1-2H3,(H2,17,18,19). The molecule has 0 bridgehead atoms. The van der Waals surface area contributed by atoms with Crippen LogP contribution in [0.4, 0.5) is 5.82 Å². The van der Waals surface area contributed by atoms with Crippen LogP contribution in [0.25, 0.3) is 22.6 Å². The van der Waals surface area contributed by atoms with Gasteiger partial charge < -0.3 is 5.73 Å². The van der Waals surface area contributed by atoms with Gasteiger partial charge in [0.05, 0.1) is 5.69 Å². The van der Waals surface area contributed by atoms with E-state index in [1.165, 1.54) is 5.56 Å². The molecule has 0 atom stereocenters. The number of thiophene rings is 1. The first kappa shape index (κ1) is 12.8. The number of anilines is 1. The molecular formula is C16H15N3S. The average Bonchev–Trinajstić information content (AvgIpc) is 2.89. The van der Waals surface area contributed by atoms with Crippen LogP contribution >= 0.6 is 11.3 Å². The number of aromatic nitrogens is 2. The summed E-state index contributed by atoms with van der Waals surface area (Å²) < 4.78 is 0. The highest BCUT2D eigenvalue weighted by atomic mass is 32.1. The van der Waals surface area contributed by atoms with Crippen molar-refractivity contribution < 1.29 is 0 Å². The molecule has 0 fully saturated rings. The molecule has 0 spiro atoms. The van der Waals surface area contributed by atoms with Crippen molar-refractivity contribution in [2.45, 2.75) is 13.8 Å². The Kier molecular flexibility index (Phi) is 3.24. The Labute approximate surface area is 122 Å². The number of nitrogen functional groups attached to an aromatic ring is 1. The average molecular weight is 281 g/mol. The number of hydrogen-bond donors (Lipinski definition) is 1. The second kappa shape index (κ2) is 5.06. The summed E-state index contributed by atoms with van der Waals surface area (Å²) in [6.45, 7) is 4.02. The fourth-order valence-electron chi connectivity index (χ4n) is 2.12. The quantitative estimate of drug-likeness (QED) is 0.770. The topological polar surface area (TPSA) is 51.8 Å². The molecule has 0 unspecified atom stereocenters. The second-order valence-corrected chi connectivity index (χ2v) is 5.48. The molecule has 0 aliphatic heterocycles. The molecule has 2 heterocycles. The van der Waals surface area contributed by atoms with Crippen LogP contribution in [0.3, 0.4) is 0 Å². The molecule has 1 aromatic carbocycles. The summed E-state index contributed by atoms with van der Waals surface area (Å²) >= 11 is 1.65. The van der Waals surface area contributed by atoms with Crippen LogP contribution in [-0.4, -0.2) is 9.97 Å². The Morgan fingerprint density at radius 2 is 1.75 bits per heavy atom. The Balaban J connectivity index is 2.21. The molecule has 0 amide bonds. The predicted octanol–water partition coefficient (Wildman–Crippen LogP) is 4.07. The van der Waals surface area contributed by atoms with Gasteiger partial charge >= 0.3 is 0 Å². The summed E-state index contributed by atoms with van der Waals surface area (Å²) in [5.41, 5.74) is 11.2. The third kappa shape index (κ3) is 2.18. The zero-order valence-electron chi connectivity index (χ0n) is 11.4. The van der Waals surface area contributed by atoms with Crippen LogP contribution in [0.15, 0.2) is 41.1 Å². The van der Waals surface area contributed by atoms with Crippen LogP contribution in [0.5, 0.6) is 0 Å². The summed E-state index contributed by atoms with van der Waals surface area (Å²) in [5.74, 6) is 1.24. The first-order valence-electron chi connectivity index (χ1n) is 6.39. The van der Waals surface area contributed by atoms with Crippen LogP contribution in [0.1, 0.15) is 11.1 Å². The summed E-state index contributed by atoms with van der Waals surface area (Å²) in [6.07, 6.45) is 0. The van der Waals surface area contributed by atoms with Crippen molar-refractivity contribution in [3.8, 4) is 22.6 Å². The maximum Gasteiger partial charge on any atom is 0.163 e. The largest absolute Gasteiger partial charge is 0.383 e. The number of hydrogen-bond acceptors (Lipinski definition) is 4. The van der Waals surface area contributed by atoms with Gasteiger partial charge in [-0.3, -0.25) is 0 Å². The van der Waals surface area contributed by atoms with E-state index in [-0.39, 0.29) is 0 Å². The summed E-state index contributed by atoms with van der Waals surface area (Å²) in [5, 5.41) is 4.16. The van der Waals surface area contributed by atoms with Gasteiger partial charge in [-0.2, -0.15) is 11.3 Å². The summed E-state index contributed by atoms with van der Waals surface area (Å²) in [7, 11) is 0. The predicted molar refractivity (Wildman–Crippen MR) is 84.7 cm³/mol. The van der Waals surface area contributed by atoms with Gasteiger partial charge in [-0.1, -0.05) is 30.3 Å². The van der Waals surface area contributed by atoms with E-state index in [4.69, 9.17) is 10.7 Å². The highest BCUT2D eigenvalue weighted by molar-refractivity contribution is 7.08. The molecule has 4 heteroatoms. The molecule has 2 aromatic heterocycles. The molecule has 0 radical (unpaired) electrons. The van der Waals surface area contributed by atoms with Gasteiger partial charge in [0.1, 0.15) is 5.82 Å². The third-order valence-corrected chi connectivity index (χ3v) is 4.19. The third-order valence-electron chi connectivity index (χ3n) is 3.33. The van der Waals surface area contributed by atoms with Crippen molar-refractivity contribution in [3.05, 3.63) is 52.2 Å². The van der Waals surface area contributed by atoms with Crippen molar-refractivity contribution >= 4 is 17.2 Å². The Hall–Kier alpha value is -2.20. The SMILES string of the molecule is Cc1cscc1-c1nc(N)c(C)c(-c2ccccc2)n1. The van der Waals surface area contributed by atoms with E-state index >= 15 is 0 Å². The first-order chi connectivity index (χ1) is 9.66. The molecule has 0 saturated carbocycles. The zero-order chi connectivity index (χ0) is 14.1. The Bertz CT molecular complexity index is 748. The fraction of sp³-hybridized carbons (Fsp3) is 0.125. The van der Waals surface area contributed by atoms with Gasteiger partial charge in [-0.05, 0) is 24.8 Å². The van der Waals surface area contributed by atoms with E-state index in [0.717, 1.165) is 22.4 Å². The monoisotopic (exact) mass is 281 g/mol. The molecular weight excluding hydrogens is 266 g/mol. The summed E-state index contributed by atoms with van der Waals surface area (Å²) in [4.78, 5) is 9.16. The summed E-state index contributed by atoms with van der Waals surface area (Å²) in [6, 6.07) is 10.1. The van der Waals surface area contributed by atoms with Gasteiger partial charge in [0, 0.05) is 22.1 Å². The Morgan fingerprint density at radius 1 is 1.00 bits per heavy atom. The molecule has 100 valence electrons. The zero-order valence-corrected chi connectivity index (χ0v) is 12.2. The van der Waals surface area contributed by atoms with Gasteiger partial charge in [0.2, 0.25) is 0 Å². The lowest BCUT2D eigenvalue weighted by molar-refractivity contribution is 1.15.